The molecule has 0 aromatic heterocycles. The Hall–Kier alpha value is -1.14. The summed E-state index contributed by atoms with van der Waals surface area (Å²) < 4.78 is 21.5. The molecule has 126 valence electrons. The fraction of sp³-hybridized carbons (Fsp3) is 0.647. The van der Waals surface area contributed by atoms with E-state index in [-0.39, 0.29) is 0 Å². The zero-order chi connectivity index (χ0) is 16.0. The van der Waals surface area contributed by atoms with Gasteiger partial charge >= 0.3 is 0 Å². The van der Waals surface area contributed by atoms with E-state index < -0.39 is 0 Å². The van der Waals surface area contributed by atoms with E-state index in [1.54, 1.807) is 14.2 Å². The van der Waals surface area contributed by atoms with Gasteiger partial charge in [0.25, 0.3) is 0 Å². The Morgan fingerprint density at radius 3 is 1.95 bits per heavy atom. The first-order chi connectivity index (χ1) is 10.8. The van der Waals surface area contributed by atoms with Gasteiger partial charge in [0.1, 0.15) is 12.4 Å². The van der Waals surface area contributed by atoms with Crippen LogP contribution in [0.15, 0.2) is 24.3 Å². The lowest BCUT2D eigenvalue weighted by molar-refractivity contribution is 0.0606. The van der Waals surface area contributed by atoms with Crippen LogP contribution < -0.4 is 4.74 Å². The predicted octanol–water partition coefficient (Wildman–Crippen LogP) is 1.99. The molecule has 5 nitrogen and oxygen atoms in total. The molecule has 0 aliphatic rings. The molecular weight excluding hydrogens is 282 g/mol. The van der Waals surface area contributed by atoms with Crippen molar-refractivity contribution in [2.45, 2.75) is 6.92 Å². The number of methoxy groups -OCH3 is 2. The Kier molecular flexibility index (Phi) is 10.7. The minimum atomic E-state index is 0.569. The van der Waals surface area contributed by atoms with Gasteiger partial charge in [-0.1, -0.05) is 17.7 Å². The molecule has 0 saturated carbocycles. The molecule has 0 aliphatic heterocycles. The molecule has 0 spiro atoms. The van der Waals surface area contributed by atoms with E-state index >= 15 is 0 Å². The van der Waals surface area contributed by atoms with Crippen molar-refractivity contribution in [3.8, 4) is 5.75 Å². The van der Waals surface area contributed by atoms with E-state index in [9.17, 15) is 0 Å². The molecule has 0 amide bonds. The molecule has 1 rings (SSSR count). The summed E-state index contributed by atoms with van der Waals surface area (Å²) in [4.78, 5) is 2.27. The van der Waals surface area contributed by atoms with Gasteiger partial charge in [-0.2, -0.15) is 0 Å². The van der Waals surface area contributed by atoms with Crippen molar-refractivity contribution in [1.82, 2.24) is 4.90 Å². The summed E-state index contributed by atoms with van der Waals surface area (Å²) in [5.74, 6) is 0.885. The van der Waals surface area contributed by atoms with Crippen LogP contribution in [0.5, 0.6) is 5.75 Å². The fourth-order valence-corrected chi connectivity index (χ4v) is 1.92. The topological polar surface area (TPSA) is 40.2 Å². The van der Waals surface area contributed by atoms with Crippen molar-refractivity contribution >= 4 is 0 Å². The van der Waals surface area contributed by atoms with E-state index in [1.807, 2.05) is 24.3 Å². The van der Waals surface area contributed by atoms with Crippen LogP contribution in [0.25, 0.3) is 0 Å². The van der Waals surface area contributed by atoms with Crippen LogP contribution in [0.4, 0.5) is 0 Å². The molecule has 1 aromatic rings. The minimum Gasteiger partial charge on any atom is -0.491 e. The molecule has 0 aliphatic carbocycles. The second-order valence-electron chi connectivity index (χ2n) is 5.10. The molecule has 0 fully saturated rings. The Morgan fingerprint density at radius 2 is 1.36 bits per heavy atom. The molecule has 1 aromatic carbocycles. The van der Waals surface area contributed by atoms with Gasteiger partial charge < -0.3 is 18.9 Å². The van der Waals surface area contributed by atoms with Gasteiger partial charge in [-0.3, -0.25) is 4.90 Å². The Balaban J connectivity index is 2.07. The van der Waals surface area contributed by atoms with Crippen LogP contribution in [0.3, 0.4) is 0 Å². The normalized spacial score (nSPS) is 11.1. The molecule has 0 unspecified atom stereocenters. The Morgan fingerprint density at radius 1 is 0.773 bits per heavy atom. The number of aryl methyl sites for hydroxylation is 1. The van der Waals surface area contributed by atoms with Crippen molar-refractivity contribution in [3.63, 3.8) is 0 Å². The van der Waals surface area contributed by atoms with Crippen molar-refractivity contribution in [2.75, 3.05) is 66.9 Å². The number of nitrogens with zero attached hydrogens (tertiary/aromatic N) is 1. The van der Waals surface area contributed by atoms with Crippen molar-refractivity contribution in [1.29, 1.82) is 0 Å². The number of rotatable bonds is 13. The summed E-state index contributed by atoms with van der Waals surface area (Å²) in [5.41, 5.74) is 1.23. The predicted molar refractivity (Wildman–Crippen MR) is 87.7 cm³/mol. The van der Waals surface area contributed by atoms with Gasteiger partial charge in [-0.15, -0.1) is 0 Å². The highest BCUT2D eigenvalue weighted by atomic mass is 16.5. The van der Waals surface area contributed by atoms with Crippen molar-refractivity contribution < 1.29 is 18.9 Å². The Bertz CT molecular complexity index is 361. The highest BCUT2D eigenvalue weighted by Crippen LogP contribution is 2.10. The maximum absolute atomic E-state index is 5.62. The first-order valence-corrected chi connectivity index (χ1v) is 7.73. The summed E-state index contributed by atoms with van der Waals surface area (Å²) in [6.45, 7) is 8.01. The van der Waals surface area contributed by atoms with Gasteiger partial charge in [0.2, 0.25) is 0 Å². The summed E-state index contributed by atoms with van der Waals surface area (Å²) in [7, 11) is 3.43. The molecular formula is C17H29NO4. The molecule has 0 bridgehead atoms. The summed E-state index contributed by atoms with van der Waals surface area (Å²) >= 11 is 0. The third-order valence-corrected chi connectivity index (χ3v) is 3.29. The van der Waals surface area contributed by atoms with E-state index in [4.69, 9.17) is 18.9 Å². The Labute approximate surface area is 134 Å². The van der Waals surface area contributed by atoms with Crippen molar-refractivity contribution in [3.05, 3.63) is 29.8 Å². The zero-order valence-electron chi connectivity index (χ0n) is 14.0. The van der Waals surface area contributed by atoms with Crippen LogP contribution in [0, 0.1) is 6.92 Å². The third-order valence-electron chi connectivity index (χ3n) is 3.29. The quantitative estimate of drug-likeness (QED) is 0.521. The van der Waals surface area contributed by atoms with Crippen molar-refractivity contribution in [2.24, 2.45) is 0 Å². The largest absolute Gasteiger partial charge is 0.491 e. The average Bonchev–Trinajstić information content (AvgIpc) is 2.54. The van der Waals surface area contributed by atoms with E-state index in [0.717, 1.165) is 38.6 Å². The molecule has 0 heterocycles. The van der Waals surface area contributed by atoms with Crippen LogP contribution in [-0.2, 0) is 14.2 Å². The van der Waals surface area contributed by atoms with E-state index in [1.165, 1.54) is 5.56 Å². The molecule has 0 N–H and O–H groups in total. The monoisotopic (exact) mass is 311 g/mol. The van der Waals surface area contributed by atoms with Crippen LogP contribution >= 0.6 is 0 Å². The van der Waals surface area contributed by atoms with Gasteiger partial charge in [0.05, 0.1) is 26.4 Å². The molecule has 0 saturated heterocycles. The lowest BCUT2D eigenvalue weighted by atomic mass is 10.2. The van der Waals surface area contributed by atoms with Crippen LogP contribution in [0.1, 0.15) is 5.56 Å². The van der Waals surface area contributed by atoms with E-state index in [2.05, 4.69) is 11.8 Å². The lowest BCUT2D eigenvalue weighted by Crippen LogP contribution is -2.33. The molecule has 22 heavy (non-hydrogen) atoms. The number of ether oxygens (including phenoxy) is 4. The van der Waals surface area contributed by atoms with Gasteiger partial charge in [-0.25, -0.2) is 0 Å². The number of hydrogen-bond donors (Lipinski definition) is 0. The SMILES string of the molecule is COCCN(CCOC)CCOCCOc1ccc(C)cc1. The van der Waals surface area contributed by atoms with E-state index in [0.29, 0.717) is 19.8 Å². The summed E-state index contributed by atoms with van der Waals surface area (Å²) in [6, 6.07) is 8.04. The highest BCUT2D eigenvalue weighted by Gasteiger charge is 2.04. The third kappa shape index (κ3) is 9.00. The summed E-state index contributed by atoms with van der Waals surface area (Å²) in [6.07, 6.45) is 0. The van der Waals surface area contributed by atoms with Gasteiger partial charge in [0, 0.05) is 33.9 Å². The van der Waals surface area contributed by atoms with Crippen LogP contribution in [-0.4, -0.2) is 71.8 Å². The standard InChI is InChI=1S/C17H29NO4/c1-16-4-6-17(7-5-16)22-15-14-21-13-10-18(8-11-19-2)9-12-20-3/h4-7H,8-15H2,1-3H3. The van der Waals surface area contributed by atoms with Gasteiger partial charge in [-0.05, 0) is 19.1 Å². The molecule has 0 radical (unpaired) electrons. The number of hydrogen-bond acceptors (Lipinski definition) is 5. The number of benzene rings is 1. The first kappa shape index (κ1) is 18.9. The molecule has 0 atom stereocenters. The fourth-order valence-electron chi connectivity index (χ4n) is 1.92. The lowest BCUT2D eigenvalue weighted by Gasteiger charge is -2.21. The summed E-state index contributed by atoms with van der Waals surface area (Å²) in [5, 5.41) is 0. The minimum absolute atomic E-state index is 0.569. The highest BCUT2D eigenvalue weighted by molar-refractivity contribution is 5.26. The average molecular weight is 311 g/mol. The maximum Gasteiger partial charge on any atom is 0.119 e. The smallest absolute Gasteiger partial charge is 0.119 e. The van der Waals surface area contributed by atoms with Gasteiger partial charge in [0.15, 0.2) is 0 Å². The molecule has 5 heteroatoms. The second-order valence-corrected chi connectivity index (χ2v) is 5.10. The van der Waals surface area contributed by atoms with Crippen LogP contribution in [0.2, 0.25) is 0 Å². The zero-order valence-corrected chi connectivity index (χ0v) is 14.0. The second kappa shape index (κ2) is 12.4. The first-order valence-electron chi connectivity index (χ1n) is 7.73. The maximum atomic E-state index is 5.62.